The van der Waals surface area contributed by atoms with Crippen LogP contribution < -0.4 is 5.46 Å². The Bertz CT molecular complexity index is 387. The van der Waals surface area contributed by atoms with Crippen molar-refractivity contribution in [1.29, 1.82) is 0 Å². The summed E-state index contributed by atoms with van der Waals surface area (Å²) in [5.41, 5.74) is 0.988. The monoisotopic (exact) mass is 253 g/mol. The third kappa shape index (κ3) is 4.08. The standard InChI is InChI=1S/C13H21BFNO2/c1-4-5-10(2)16(3)9-11-6-7-12(15)8-13(11)14(17)18/h6-8,10,17-18H,4-5,9H2,1-3H3. The van der Waals surface area contributed by atoms with Crippen molar-refractivity contribution in [3.05, 3.63) is 29.6 Å². The Morgan fingerprint density at radius 2 is 2.06 bits per heavy atom. The molecule has 0 amide bonds. The first-order valence-electron chi connectivity index (χ1n) is 6.30. The Morgan fingerprint density at radius 3 is 2.61 bits per heavy atom. The van der Waals surface area contributed by atoms with Gasteiger partial charge in [-0.05, 0) is 43.6 Å². The second kappa shape index (κ2) is 6.88. The summed E-state index contributed by atoms with van der Waals surface area (Å²) in [6.45, 7) is 4.83. The summed E-state index contributed by atoms with van der Waals surface area (Å²) in [5, 5.41) is 18.5. The van der Waals surface area contributed by atoms with E-state index in [4.69, 9.17) is 0 Å². The van der Waals surface area contributed by atoms with Crippen molar-refractivity contribution in [1.82, 2.24) is 4.90 Å². The lowest BCUT2D eigenvalue weighted by molar-refractivity contribution is 0.237. The molecule has 0 radical (unpaired) electrons. The summed E-state index contributed by atoms with van der Waals surface area (Å²) in [6, 6.07) is 4.54. The van der Waals surface area contributed by atoms with E-state index in [2.05, 4.69) is 18.7 Å². The molecular weight excluding hydrogens is 232 g/mol. The molecule has 0 aromatic heterocycles. The average Bonchev–Trinajstić information content (AvgIpc) is 2.31. The molecule has 0 saturated carbocycles. The average molecular weight is 253 g/mol. The van der Waals surface area contributed by atoms with Crippen LogP contribution in [-0.4, -0.2) is 35.2 Å². The smallest absolute Gasteiger partial charge is 0.423 e. The van der Waals surface area contributed by atoms with E-state index in [1.54, 1.807) is 6.07 Å². The van der Waals surface area contributed by atoms with Gasteiger partial charge in [0.15, 0.2) is 0 Å². The van der Waals surface area contributed by atoms with Crippen molar-refractivity contribution in [3.8, 4) is 0 Å². The molecule has 18 heavy (non-hydrogen) atoms. The fourth-order valence-electron chi connectivity index (χ4n) is 2.01. The molecule has 0 aliphatic rings. The van der Waals surface area contributed by atoms with Crippen molar-refractivity contribution >= 4 is 12.6 Å². The first-order valence-corrected chi connectivity index (χ1v) is 6.30. The van der Waals surface area contributed by atoms with Crippen LogP contribution in [-0.2, 0) is 6.54 Å². The van der Waals surface area contributed by atoms with Crippen LogP contribution >= 0.6 is 0 Å². The Hall–Kier alpha value is -0.905. The zero-order valence-electron chi connectivity index (χ0n) is 11.2. The molecule has 0 heterocycles. The van der Waals surface area contributed by atoms with E-state index in [-0.39, 0.29) is 5.46 Å². The zero-order valence-corrected chi connectivity index (χ0v) is 11.2. The molecule has 2 N–H and O–H groups in total. The molecule has 5 heteroatoms. The van der Waals surface area contributed by atoms with Gasteiger partial charge in [-0.3, -0.25) is 4.90 Å². The van der Waals surface area contributed by atoms with Crippen LogP contribution in [0.5, 0.6) is 0 Å². The molecule has 0 fully saturated rings. The van der Waals surface area contributed by atoms with Gasteiger partial charge >= 0.3 is 7.12 Å². The van der Waals surface area contributed by atoms with E-state index < -0.39 is 12.9 Å². The van der Waals surface area contributed by atoms with Crippen molar-refractivity contribution < 1.29 is 14.4 Å². The predicted molar refractivity (Wildman–Crippen MR) is 72.1 cm³/mol. The maximum absolute atomic E-state index is 13.1. The summed E-state index contributed by atoms with van der Waals surface area (Å²) in [5.74, 6) is -0.453. The molecule has 3 nitrogen and oxygen atoms in total. The van der Waals surface area contributed by atoms with Crippen molar-refractivity contribution in [2.45, 2.75) is 39.3 Å². The van der Waals surface area contributed by atoms with E-state index in [9.17, 15) is 14.4 Å². The summed E-state index contributed by atoms with van der Waals surface area (Å²) >= 11 is 0. The maximum Gasteiger partial charge on any atom is 0.488 e. The highest BCUT2D eigenvalue weighted by molar-refractivity contribution is 6.59. The quantitative estimate of drug-likeness (QED) is 0.747. The molecule has 0 spiro atoms. The van der Waals surface area contributed by atoms with Gasteiger partial charge in [0.1, 0.15) is 5.82 Å². The van der Waals surface area contributed by atoms with Crippen LogP contribution in [0.15, 0.2) is 18.2 Å². The summed E-state index contributed by atoms with van der Waals surface area (Å²) in [7, 11) is 0.350. The Balaban J connectivity index is 2.83. The number of rotatable bonds is 6. The van der Waals surface area contributed by atoms with Gasteiger partial charge in [-0.2, -0.15) is 0 Å². The minimum Gasteiger partial charge on any atom is -0.423 e. The molecule has 0 aliphatic carbocycles. The van der Waals surface area contributed by atoms with Gasteiger partial charge in [0.25, 0.3) is 0 Å². The molecule has 100 valence electrons. The van der Waals surface area contributed by atoms with E-state index in [1.807, 2.05) is 7.05 Å². The van der Waals surface area contributed by atoms with E-state index in [0.29, 0.717) is 12.6 Å². The van der Waals surface area contributed by atoms with E-state index >= 15 is 0 Å². The van der Waals surface area contributed by atoms with Gasteiger partial charge in [-0.25, -0.2) is 4.39 Å². The summed E-state index contributed by atoms with van der Waals surface area (Å²) < 4.78 is 13.1. The van der Waals surface area contributed by atoms with Gasteiger partial charge in [0.05, 0.1) is 0 Å². The van der Waals surface area contributed by atoms with Crippen LogP contribution in [0.1, 0.15) is 32.3 Å². The molecule has 0 bridgehead atoms. The number of hydrogen-bond donors (Lipinski definition) is 2. The van der Waals surface area contributed by atoms with Gasteiger partial charge < -0.3 is 10.0 Å². The molecular formula is C13H21BFNO2. The highest BCUT2D eigenvalue weighted by atomic mass is 19.1. The van der Waals surface area contributed by atoms with Crippen molar-refractivity contribution in [2.24, 2.45) is 0 Å². The number of hydrogen-bond acceptors (Lipinski definition) is 3. The molecule has 0 aliphatic heterocycles. The summed E-state index contributed by atoms with van der Waals surface area (Å²) in [4.78, 5) is 2.13. The zero-order chi connectivity index (χ0) is 13.7. The summed E-state index contributed by atoms with van der Waals surface area (Å²) in [6.07, 6.45) is 2.18. The normalized spacial score (nSPS) is 12.8. The van der Waals surface area contributed by atoms with Crippen LogP contribution in [0.2, 0.25) is 0 Å². The predicted octanol–water partition coefficient (Wildman–Crippen LogP) is 1.13. The lowest BCUT2D eigenvalue weighted by atomic mass is 9.77. The van der Waals surface area contributed by atoms with Crippen LogP contribution in [0.25, 0.3) is 0 Å². The number of nitrogens with zero attached hydrogens (tertiary/aromatic N) is 1. The van der Waals surface area contributed by atoms with Crippen molar-refractivity contribution in [2.75, 3.05) is 7.05 Å². The fourth-order valence-corrected chi connectivity index (χ4v) is 2.01. The molecule has 1 aromatic rings. The molecule has 0 saturated heterocycles. The van der Waals surface area contributed by atoms with Gasteiger partial charge in [0.2, 0.25) is 0 Å². The minimum atomic E-state index is -1.63. The number of benzene rings is 1. The highest BCUT2D eigenvalue weighted by Gasteiger charge is 2.19. The lowest BCUT2D eigenvalue weighted by Crippen LogP contribution is -2.37. The van der Waals surface area contributed by atoms with E-state index in [0.717, 1.165) is 18.4 Å². The first-order chi connectivity index (χ1) is 8.45. The molecule has 1 aromatic carbocycles. The maximum atomic E-state index is 13.1. The molecule has 1 unspecified atom stereocenters. The first kappa shape index (κ1) is 15.2. The van der Waals surface area contributed by atoms with E-state index in [1.165, 1.54) is 12.1 Å². The number of halogens is 1. The Labute approximate surface area is 108 Å². The highest BCUT2D eigenvalue weighted by Crippen LogP contribution is 2.10. The third-order valence-corrected chi connectivity index (χ3v) is 3.26. The second-order valence-corrected chi connectivity index (χ2v) is 4.77. The SMILES string of the molecule is CCCC(C)N(C)Cc1ccc(F)cc1B(O)O. The molecule has 1 atom stereocenters. The van der Waals surface area contributed by atoms with Gasteiger partial charge in [-0.15, -0.1) is 0 Å². The van der Waals surface area contributed by atoms with Crippen LogP contribution in [0, 0.1) is 5.82 Å². The lowest BCUT2D eigenvalue weighted by Gasteiger charge is -2.25. The Morgan fingerprint density at radius 1 is 1.39 bits per heavy atom. The van der Waals surface area contributed by atoms with Gasteiger partial charge in [-0.1, -0.05) is 19.4 Å². The van der Waals surface area contributed by atoms with Gasteiger partial charge in [0, 0.05) is 12.6 Å². The topological polar surface area (TPSA) is 43.7 Å². The second-order valence-electron chi connectivity index (χ2n) is 4.77. The molecule has 1 rings (SSSR count). The minimum absolute atomic E-state index is 0.241. The van der Waals surface area contributed by atoms with Crippen molar-refractivity contribution in [3.63, 3.8) is 0 Å². The Kier molecular flexibility index (Phi) is 5.79. The third-order valence-electron chi connectivity index (χ3n) is 3.26. The van der Waals surface area contributed by atoms with Crippen LogP contribution in [0.3, 0.4) is 0 Å². The largest absolute Gasteiger partial charge is 0.488 e. The fraction of sp³-hybridized carbons (Fsp3) is 0.538. The van der Waals surface area contributed by atoms with Crippen LogP contribution in [0.4, 0.5) is 4.39 Å².